The van der Waals surface area contributed by atoms with Crippen LogP contribution in [0, 0.1) is 0 Å². The first kappa shape index (κ1) is 12.9. The third-order valence-electron chi connectivity index (χ3n) is 3.51. The Kier molecular flexibility index (Phi) is 3.09. The number of alkyl halides is 3. The minimum absolute atomic E-state index is 0.0961. The molecule has 2 unspecified atom stereocenters. The molecule has 0 bridgehead atoms. The van der Waals surface area contributed by atoms with Crippen LogP contribution in [-0.4, -0.2) is 29.6 Å². The van der Waals surface area contributed by atoms with Gasteiger partial charge in [0.2, 0.25) is 0 Å². The molecule has 0 aliphatic carbocycles. The summed E-state index contributed by atoms with van der Waals surface area (Å²) in [6, 6.07) is 6.41. The van der Waals surface area contributed by atoms with Crippen molar-refractivity contribution in [1.82, 2.24) is 4.90 Å². The molecule has 1 aromatic carbocycles. The van der Waals surface area contributed by atoms with Crippen molar-refractivity contribution < 1.29 is 18.0 Å². The summed E-state index contributed by atoms with van der Waals surface area (Å²) in [4.78, 5) is 13.0. The number of fused-ring (bicyclic) bond motifs is 1. The molecular formula is C13H14F3NO. The Morgan fingerprint density at radius 1 is 1.22 bits per heavy atom. The van der Waals surface area contributed by atoms with E-state index >= 15 is 0 Å². The lowest BCUT2D eigenvalue weighted by molar-refractivity contribution is -0.145. The topological polar surface area (TPSA) is 20.3 Å². The van der Waals surface area contributed by atoms with Crippen molar-refractivity contribution in [2.75, 3.05) is 6.54 Å². The van der Waals surface area contributed by atoms with E-state index in [0.717, 1.165) is 10.5 Å². The second-order valence-electron chi connectivity index (χ2n) is 4.66. The lowest BCUT2D eigenvalue weighted by atomic mass is 9.85. The Hall–Kier alpha value is -1.52. The van der Waals surface area contributed by atoms with E-state index in [0.29, 0.717) is 5.56 Å². The minimum Gasteiger partial charge on any atom is -0.326 e. The van der Waals surface area contributed by atoms with Gasteiger partial charge in [0.25, 0.3) is 5.91 Å². The predicted molar refractivity (Wildman–Crippen MR) is 61.4 cm³/mol. The highest BCUT2D eigenvalue weighted by atomic mass is 19.4. The molecule has 2 atom stereocenters. The van der Waals surface area contributed by atoms with E-state index in [4.69, 9.17) is 0 Å². The van der Waals surface area contributed by atoms with Crippen LogP contribution in [0.25, 0.3) is 0 Å². The normalized spacial score (nSPS) is 24.1. The summed E-state index contributed by atoms with van der Waals surface area (Å²) in [7, 11) is 0. The van der Waals surface area contributed by atoms with Gasteiger partial charge >= 0.3 is 6.18 Å². The summed E-state index contributed by atoms with van der Waals surface area (Å²) in [6.07, 6.45) is -4.37. The molecule has 0 radical (unpaired) electrons. The summed E-state index contributed by atoms with van der Waals surface area (Å²) < 4.78 is 37.5. The molecule has 0 spiro atoms. The van der Waals surface area contributed by atoms with Gasteiger partial charge in [0.15, 0.2) is 0 Å². The van der Waals surface area contributed by atoms with Gasteiger partial charge < -0.3 is 4.90 Å². The van der Waals surface area contributed by atoms with Crippen LogP contribution in [0.4, 0.5) is 13.2 Å². The number of benzene rings is 1. The van der Waals surface area contributed by atoms with Crippen LogP contribution in [0.2, 0.25) is 0 Å². The number of nitrogens with zero attached hydrogens (tertiary/aromatic N) is 1. The molecule has 0 saturated carbocycles. The average Bonchev–Trinajstić information content (AvgIpc) is 2.31. The van der Waals surface area contributed by atoms with E-state index in [1.807, 2.05) is 6.92 Å². The van der Waals surface area contributed by atoms with E-state index in [-0.39, 0.29) is 5.92 Å². The summed E-state index contributed by atoms with van der Waals surface area (Å²) in [5.74, 6) is -0.630. The minimum atomic E-state index is -4.37. The first-order valence-corrected chi connectivity index (χ1v) is 5.78. The molecule has 1 aromatic rings. The van der Waals surface area contributed by atoms with E-state index < -0.39 is 24.7 Å². The molecule has 0 N–H and O–H groups in total. The van der Waals surface area contributed by atoms with Gasteiger partial charge in [-0.3, -0.25) is 4.79 Å². The standard InChI is InChI=1S/C13H14F3NO/c1-8-9(2)17(7-13(14,15)16)12(18)11-6-4-3-5-10(8)11/h3-6,8-9H,7H2,1-2H3. The molecule has 1 aliphatic rings. The van der Waals surface area contributed by atoms with Gasteiger partial charge in [-0.15, -0.1) is 0 Å². The molecule has 0 saturated heterocycles. The summed E-state index contributed by atoms with van der Waals surface area (Å²) in [5.41, 5.74) is 1.21. The fourth-order valence-electron chi connectivity index (χ4n) is 2.37. The Balaban J connectivity index is 2.39. The zero-order chi connectivity index (χ0) is 13.5. The van der Waals surface area contributed by atoms with Crippen LogP contribution in [-0.2, 0) is 0 Å². The van der Waals surface area contributed by atoms with Gasteiger partial charge in [-0.25, -0.2) is 0 Å². The van der Waals surface area contributed by atoms with Crippen LogP contribution < -0.4 is 0 Å². The Morgan fingerprint density at radius 3 is 2.44 bits per heavy atom. The quantitative estimate of drug-likeness (QED) is 0.756. The largest absolute Gasteiger partial charge is 0.406 e. The average molecular weight is 257 g/mol. The summed E-state index contributed by atoms with van der Waals surface area (Å²) in [6.45, 7) is 2.31. The Labute approximate surface area is 103 Å². The number of hydrogen-bond donors (Lipinski definition) is 0. The van der Waals surface area contributed by atoms with E-state index in [2.05, 4.69) is 0 Å². The summed E-state index contributed by atoms with van der Waals surface area (Å²) in [5, 5.41) is 0. The lowest BCUT2D eigenvalue weighted by Gasteiger charge is -2.39. The highest BCUT2D eigenvalue weighted by Gasteiger charge is 2.41. The number of halogens is 3. The molecule has 18 heavy (non-hydrogen) atoms. The number of hydrogen-bond acceptors (Lipinski definition) is 1. The molecule has 0 fully saturated rings. The van der Waals surface area contributed by atoms with Crippen molar-refractivity contribution in [3.05, 3.63) is 35.4 Å². The van der Waals surface area contributed by atoms with Crippen molar-refractivity contribution in [2.45, 2.75) is 32.0 Å². The van der Waals surface area contributed by atoms with Crippen LogP contribution in [0.15, 0.2) is 24.3 Å². The Bertz CT molecular complexity index is 470. The van der Waals surface area contributed by atoms with Gasteiger partial charge in [0.1, 0.15) is 6.54 Å². The zero-order valence-electron chi connectivity index (χ0n) is 10.2. The van der Waals surface area contributed by atoms with Gasteiger partial charge in [-0.2, -0.15) is 13.2 Å². The maximum Gasteiger partial charge on any atom is 0.406 e. The van der Waals surface area contributed by atoms with Gasteiger partial charge in [0, 0.05) is 17.5 Å². The fourth-order valence-corrected chi connectivity index (χ4v) is 2.37. The molecule has 1 heterocycles. The third-order valence-corrected chi connectivity index (χ3v) is 3.51. The number of amides is 1. The molecular weight excluding hydrogens is 243 g/mol. The van der Waals surface area contributed by atoms with Crippen LogP contribution in [0.5, 0.6) is 0 Å². The first-order valence-electron chi connectivity index (χ1n) is 5.78. The van der Waals surface area contributed by atoms with Crippen molar-refractivity contribution in [3.8, 4) is 0 Å². The highest BCUT2D eigenvalue weighted by Crippen LogP contribution is 2.34. The fraction of sp³-hybridized carbons (Fsp3) is 0.462. The van der Waals surface area contributed by atoms with Crippen LogP contribution in [0.3, 0.4) is 0 Å². The maximum atomic E-state index is 12.5. The number of carbonyl (C=O) groups is 1. The van der Waals surface area contributed by atoms with Gasteiger partial charge in [-0.1, -0.05) is 25.1 Å². The van der Waals surface area contributed by atoms with E-state index in [9.17, 15) is 18.0 Å². The van der Waals surface area contributed by atoms with Crippen molar-refractivity contribution in [3.63, 3.8) is 0 Å². The van der Waals surface area contributed by atoms with E-state index in [1.54, 1.807) is 31.2 Å². The maximum absolute atomic E-state index is 12.5. The number of rotatable bonds is 1. The second kappa shape index (κ2) is 4.30. The number of carbonyl (C=O) groups excluding carboxylic acids is 1. The van der Waals surface area contributed by atoms with Crippen molar-refractivity contribution >= 4 is 5.91 Å². The molecule has 5 heteroatoms. The summed E-state index contributed by atoms with van der Waals surface area (Å²) >= 11 is 0. The van der Waals surface area contributed by atoms with Gasteiger partial charge in [0.05, 0.1) is 0 Å². The molecule has 2 rings (SSSR count). The smallest absolute Gasteiger partial charge is 0.326 e. The second-order valence-corrected chi connectivity index (χ2v) is 4.66. The lowest BCUT2D eigenvalue weighted by Crippen LogP contribution is -2.49. The monoisotopic (exact) mass is 257 g/mol. The van der Waals surface area contributed by atoms with Crippen molar-refractivity contribution in [1.29, 1.82) is 0 Å². The molecule has 0 aromatic heterocycles. The SMILES string of the molecule is CC1c2ccccc2C(=O)N(CC(F)(F)F)C1C. The first-order chi connectivity index (χ1) is 8.31. The van der Waals surface area contributed by atoms with Gasteiger partial charge in [-0.05, 0) is 18.6 Å². The molecule has 2 nitrogen and oxygen atoms in total. The third kappa shape index (κ3) is 2.21. The molecule has 1 aliphatic heterocycles. The van der Waals surface area contributed by atoms with Crippen LogP contribution >= 0.6 is 0 Å². The highest BCUT2D eigenvalue weighted by molar-refractivity contribution is 5.97. The Morgan fingerprint density at radius 2 is 1.83 bits per heavy atom. The van der Waals surface area contributed by atoms with Crippen molar-refractivity contribution in [2.24, 2.45) is 0 Å². The van der Waals surface area contributed by atoms with Crippen LogP contribution in [0.1, 0.15) is 35.7 Å². The zero-order valence-corrected chi connectivity index (χ0v) is 10.2. The predicted octanol–water partition coefficient (Wildman–Crippen LogP) is 3.20. The van der Waals surface area contributed by atoms with E-state index in [1.165, 1.54) is 0 Å². The molecule has 98 valence electrons. The molecule has 1 amide bonds.